The van der Waals surface area contributed by atoms with E-state index in [9.17, 15) is 4.79 Å². The summed E-state index contributed by atoms with van der Waals surface area (Å²) in [7, 11) is 0. The summed E-state index contributed by atoms with van der Waals surface area (Å²) in [5, 5.41) is 15.0. The van der Waals surface area contributed by atoms with Gasteiger partial charge in [0.25, 0.3) is 5.91 Å². The average Bonchev–Trinajstić information content (AvgIpc) is 2.71. The van der Waals surface area contributed by atoms with Crippen molar-refractivity contribution in [2.75, 3.05) is 0 Å². The number of hydrogen-bond acceptors (Lipinski definition) is 5. The number of amides is 1. The van der Waals surface area contributed by atoms with Crippen LogP contribution in [-0.4, -0.2) is 21.6 Å². The van der Waals surface area contributed by atoms with Gasteiger partial charge in [-0.25, -0.2) is 0 Å². The first-order chi connectivity index (χ1) is 7.25. The molecule has 1 aliphatic heterocycles. The van der Waals surface area contributed by atoms with Crippen molar-refractivity contribution in [2.24, 2.45) is 0 Å². The van der Waals surface area contributed by atoms with Gasteiger partial charge in [-0.05, 0) is 17.5 Å². The minimum Gasteiger partial charge on any atom is -0.362 e. The van der Waals surface area contributed by atoms with Gasteiger partial charge in [-0.15, -0.1) is 10.2 Å². The van der Waals surface area contributed by atoms with E-state index in [-0.39, 0.29) is 22.3 Å². The van der Waals surface area contributed by atoms with Gasteiger partial charge in [0.2, 0.25) is 0 Å². The van der Waals surface area contributed by atoms with Crippen LogP contribution in [-0.2, 0) is 0 Å². The molecule has 0 radical (unpaired) electrons. The molecule has 0 fully saturated rings. The summed E-state index contributed by atoms with van der Waals surface area (Å²) < 4.78 is 0. The second-order valence-electron chi connectivity index (χ2n) is 2.70. The lowest BCUT2D eigenvalue weighted by Crippen LogP contribution is -2.38. The van der Waals surface area contributed by atoms with Gasteiger partial charge in [0, 0.05) is 6.20 Å². The Balaban J connectivity index is 1.98. The third-order valence-corrected chi connectivity index (χ3v) is 2.68. The third kappa shape index (κ3) is 2.60. The van der Waals surface area contributed by atoms with E-state index in [0.717, 1.165) is 0 Å². The van der Waals surface area contributed by atoms with Gasteiger partial charge in [-0.2, -0.15) is 0 Å². The van der Waals surface area contributed by atoms with Crippen molar-refractivity contribution >= 4 is 29.3 Å². The molecule has 0 aliphatic carbocycles. The molecular weight excluding hydrogens is 236 g/mol. The van der Waals surface area contributed by atoms with Crippen molar-refractivity contribution < 1.29 is 4.79 Å². The molecule has 1 atom stereocenters. The molecule has 2 rings (SSSR count). The molecule has 5 nitrogen and oxygen atoms in total. The van der Waals surface area contributed by atoms with Gasteiger partial charge < -0.3 is 10.6 Å². The number of carbonyl (C=O) groups excluding carboxylic acids is 1. The van der Waals surface area contributed by atoms with Crippen LogP contribution in [0.15, 0.2) is 23.7 Å². The lowest BCUT2D eigenvalue weighted by molar-refractivity contribution is 0.0941. The minimum absolute atomic E-state index is 0.144. The van der Waals surface area contributed by atoms with E-state index in [1.807, 2.05) is 5.41 Å². The van der Waals surface area contributed by atoms with E-state index in [1.54, 1.807) is 6.20 Å². The summed E-state index contributed by atoms with van der Waals surface area (Å²) in [5.41, 5.74) is 0.101. The zero-order valence-electron chi connectivity index (χ0n) is 7.48. The van der Waals surface area contributed by atoms with E-state index in [4.69, 9.17) is 11.6 Å². The Morgan fingerprint density at radius 1 is 1.53 bits per heavy atom. The first kappa shape index (κ1) is 10.3. The van der Waals surface area contributed by atoms with Gasteiger partial charge >= 0.3 is 0 Å². The molecule has 0 bridgehead atoms. The molecule has 1 unspecified atom stereocenters. The number of carbonyl (C=O) groups is 1. The molecule has 0 aromatic carbocycles. The van der Waals surface area contributed by atoms with E-state index < -0.39 is 0 Å². The van der Waals surface area contributed by atoms with Crippen LogP contribution in [0.5, 0.6) is 0 Å². The number of nitrogens with one attached hydrogen (secondary N) is 2. The van der Waals surface area contributed by atoms with E-state index in [1.165, 1.54) is 23.9 Å². The number of aromatic nitrogens is 2. The van der Waals surface area contributed by atoms with Gasteiger partial charge in [0.15, 0.2) is 16.3 Å². The Hall–Kier alpha value is -1.27. The molecule has 1 aliphatic rings. The highest BCUT2D eigenvalue weighted by atomic mass is 35.5. The number of halogens is 1. The summed E-state index contributed by atoms with van der Waals surface area (Å²) in [6, 6.07) is 3.05. The molecule has 1 amide bonds. The first-order valence-corrected chi connectivity index (χ1v) is 5.44. The lowest BCUT2D eigenvalue weighted by atomic mass is 10.4. The fourth-order valence-corrected chi connectivity index (χ4v) is 1.74. The normalized spacial score (nSPS) is 18.6. The molecule has 15 heavy (non-hydrogen) atoms. The van der Waals surface area contributed by atoms with Crippen molar-refractivity contribution in [2.45, 2.75) is 5.50 Å². The molecule has 0 saturated carbocycles. The first-order valence-electron chi connectivity index (χ1n) is 4.12. The lowest BCUT2D eigenvalue weighted by Gasteiger charge is -2.11. The van der Waals surface area contributed by atoms with Gasteiger partial charge in [-0.1, -0.05) is 23.4 Å². The van der Waals surface area contributed by atoms with Crippen molar-refractivity contribution in [3.05, 3.63) is 34.6 Å². The van der Waals surface area contributed by atoms with Crippen LogP contribution in [0, 0.1) is 0 Å². The van der Waals surface area contributed by atoms with Crippen LogP contribution in [0.2, 0.25) is 5.15 Å². The van der Waals surface area contributed by atoms with Crippen molar-refractivity contribution in [3.8, 4) is 0 Å². The van der Waals surface area contributed by atoms with Gasteiger partial charge in [-0.3, -0.25) is 4.79 Å². The summed E-state index contributed by atoms with van der Waals surface area (Å²) >= 11 is 7.03. The van der Waals surface area contributed by atoms with Crippen molar-refractivity contribution in [1.82, 2.24) is 20.8 Å². The molecule has 2 N–H and O–H groups in total. The zero-order valence-corrected chi connectivity index (χ0v) is 9.05. The van der Waals surface area contributed by atoms with Crippen LogP contribution < -0.4 is 10.6 Å². The van der Waals surface area contributed by atoms with Crippen molar-refractivity contribution in [3.63, 3.8) is 0 Å². The molecule has 78 valence electrons. The molecule has 0 spiro atoms. The molecule has 7 heteroatoms. The van der Waals surface area contributed by atoms with Crippen LogP contribution in [0.3, 0.4) is 0 Å². The van der Waals surface area contributed by atoms with Gasteiger partial charge in [0.1, 0.15) is 0 Å². The minimum atomic E-state index is -0.284. The van der Waals surface area contributed by atoms with Crippen LogP contribution >= 0.6 is 23.4 Å². The molecule has 0 saturated heterocycles. The highest BCUT2D eigenvalue weighted by Crippen LogP contribution is 2.13. The molecule has 1 aromatic rings. The Morgan fingerprint density at radius 2 is 2.40 bits per heavy atom. The Morgan fingerprint density at radius 3 is 3.00 bits per heavy atom. The summed E-state index contributed by atoms with van der Waals surface area (Å²) in [6.45, 7) is 0. The standard InChI is InChI=1S/C8H7ClN4OS/c9-6-2-1-5(12-13-6)7(14)11-8-10-3-4-15-8/h1-4,8,10H,(H,11,14). The topological polar surface area (TPSA) is 66.9 Å². The number of nitrogens with zero attached hydrogens (tertiary/aromatic N) is 2. The quantitative estimate of drug-likeness (QED) is 0.808. The Bertz CT molecular complexity index is 386. The summed E-state index contributed by atoms with van der Waals surface area (Å²) in [4.78, 5) is 11.6. The summed E-state index contributed by atoms with van der Waals surface area (Å²) in [5.74, 6) is -0.284. The maximum Gasteiger partial charge on any atom is 0.274 e. The molecular formula is C8H7ClN4OS. The zero-order chi connectivity index (χ0) is 10.7. The van der Waals surface area contributed by atoms with Crippen LogP contribution in [0.4, 0.5) is 0 Å². The number of hydrogen-bond donors (Lipinski definition) is 2. The largest absolute Gasteiger partial charge is 0.362 e. The predicted molar refractivity (Wildman–Crippen MR) is 58.2 cm³/mol. The van der Waals surface area contributed by atoms with E-state index >= 15 is 0 Å². The maximum absolute atomic E-state index is 11.6. The molecule has 1 aromatic heterocycles. The molecule has 2 heterocycles. The Labute approximate surface area is 95.3 Å². The highest BCUT2D eigenvalue weighted by molar-refractivity contribution is 8.02. The average molecular weight is 243 g/mol. The Kier molecular flexibility index (Phi) is 3.08. The van der Waals surface area contributed by atoms with E-state index in [2.05, 4.69) is 20.8 Å². The van der Waals surface area contributed by atoms with Crippen LogP contribution in [0.25, 0.3) is 0 Å². The smallest absolute Gasteiger partial charge is 0.274 e. The van der Waals surface area contributed by atoms with E-state index in [0.29, 0.717) is 0 Å². The number of thioether (sulfide) groups is 1. The third-order valence-electron chi connectivity index (χ3n) is 1.66. The van der Waals surface area contributed by atoms with Crippen LogP contribution in [0.1, 0.15) is 10.5 Å². The van der Waals surface area contributed by atoms with Crippen molar-refractivity contribution in [1.29, 1.82) is 0 Å². The monoisotopic (exact) mass is 242 g/mol. The fraction of sp³-hybridized carbons (Fsp3) is 0.125. The summed E-state index contributed by atoms with van der Waals surface area (Å²) in [6.07, 6.45) is 1.77. The van der Waals surface area contributed by atoms with Gasteiger partial charge in [0.05, 0.1) is 0 Å². The SMILES string of the molecule is O=C(NC1NC=CS1)c1ccc(Cl)nn1. The fourth-order valence-electron chi connectivity index (χ4n) is 0.990. The maximum atomic E-state index is 11.6. The highest BCUT2D eigenvalue weighted by Gasteiger charge is 2.15. The predicted octanol–water partition coefficient (Wildman–Crippen LogP) is 0.951. The second-order valence-corrected chi connectivity index (χ2v) is 4.10. The number of rotatable bonds is 2. The second kappa shape index (κ2) is 4.50.